The van der Waals surface area contributed by atoms with Crippen LogP contribution in [0.15, 0.2) is 36.4 Å². The van der Waals surface area contributed by atoms with Gasteiger partial charge in [-0.15, -0.1) is 0 Å². The average Bonchev–Trinajstić information content (AvgIpc) is 2.21. The number of nitrogens with zero attached hydrogens (tertiary/aromatic N) is 1. The second-order valence-electron chi connectivity index (χ2n) is 3.71. The third kappa shape index (κ3) is 4.04. The van der Waals surface area contributed by atoms with Crippen molar-refractivity contribution >= 4 is 17.6 Å². The zero-order chi connectivity index (χ0) is 12.1. The molecule has 0 fully saturated rings. The lowest BCUT2D eigenvalue weighted by molar-refractivity contribution is -0.132. The monoisotopic (exact) mass is 239 g/mol. The third-order valence-electron chi connectivity index (χ3n) is 2.13. The lowest BCUT2D eigenvalue weighted by Crippen LogP contribution is -2.23. The molecule has 16 heavy (non-hydrogen) atoms. The number of carboxylic acid groups (broad SMARTS) is 1. The second-order valence-corrected chi connectivity index (χ2v) is 4.14. The van der Waals surface area contributed by atoms with Crippen LogP contribution >= 0.6 is 11.6 Å². The summed E-state index contributed by atoms with van der Waals surface area (Å²) >= 11 is 5.77. The van der Waals surface area contributed by atoms with Crippen LogP contribution in [0.5, 0.6) is 0 Å². The molecule has 0 aliphatic heterocycles. The van der Waals surface area contributed by atoms with E-state index < -0.39 is 5.97 Å². The van der Waals surface area contributed by atoms with E-state index in [9.17, 15) is 4.79 Å². The highest BCUT2D eigenvalue weighted by Crippen LogP contribution is 2.11. The summed E-state index contributed by atoms with van der Waals surface area (Å²) in [5.74, 6) is -0.956. The van der Waals surface area contributed by atoms with Crippen molar-refractivity contribution in [1.29, 1.82) is 0 Å². The highest BCUT2D eigenvalue weighted by atomic mass is 35.5. The first-order chi connectivity index (χ1) is 7.49. The third-order valence-corrected chi connectivity index (χ3v) is 2.38. The first-order valence-corrected chi connectivity index (χ1v) is 5.21. The molecule has 0 radical (unpaired) electrons. The lowest BCUT2D eigenvalue weighted by atomic mass is 10.2. The van der Waals surface area contributed by atoms with Gasteiger partial charge in [0, 0.05) is 23.7 Å². The Bertz CT molecular complexity index is 387. The van der Waals surface area contributed by atoms with Crippen LogP contribution in [-0.4, -0.2) is 29.6 Å². The van der Waals surface area contributed by atoms with E-state index in [4.69, 9.17) is 16.7 Å². The molecule has 0 heterocycles. The largest absolute Gasteiger partial charge is 0.478 e. The molecule has 0 aromatic heterocycles. The van der Waals surface area contributed by atoms with Gasteiger partial charge in [-0.3, -0.25) is 4.90 Å². The first kappa shape index (κ1) is 12.7. The van der Waals surface area contributed by atoms with Gasteiger partial charge in [0.05, 0.1) is 0 Å². The zero-order valence-electron chi connectivity index (χ0n) is 9.11. The number of aliphatic carboxylic acids is 1. The maximum atomic E-state index is 10.6. The van der Waals surface area contributed by atoms with Gasteiger partial charge >= 0.3 is 5.97 Å². The minimum Gasteiger partial charge on any atom is -0.478 e. The van der Waals surface area contributed by atoms with Crippen LogP contribution in [0.25, 0.3) is 0 Å². The minimum atomic E-state index is -0.956. The number of carboxylic acids is 1. The van der Waals surface area contributed by atoms with Crippen molar-refractivity contribution in [3.05, 3.63) is 47.0 Å². The van der Waals surface area contributed by atoms with Crippen molar-refractivity contribution in [2.45, 2.75) is 6.54 Å². The Hall–Kier alpha value is -1.32. The highest BCUT2D eigenvalue weighted by molar-refractivity contribution is 6.30. The average molecular weight is 240 g/mol. The normalized spacial score (nSPS) is 10.4. The van der Waals surface area contributed by atoms with Crippen LogP contribution in [0.4, 0.5) is 0 Å². The maximum absolute atomic E-state index is 10.6. The van der Waals surface area contributed by atoms with E-state index in [0.29, 0.717) is 18.1 Å². The summed E-state index contributed by atoms with van der Waals surface area (Å²) in [5.41, 5.74) is 1.28. The van der Waals surface area contributed by atoms with E-state index in [1.54, 1.807) is 0 Å². The number of benzene rings is 1. The number of hydrogen-bond donors (Lipinski definition) is 1. The predicted octanol–water partition coefficient (Wildman–Crippen LogP) is 2.41. The van der Waals surface area contributed by atoms with Gasteiger partial charge in [-0.25, -0.2) is 4.79 Å². The van der Waals surface area contributed by atoms with E-state index in [-0.39, 0.29) is 5.57 Å². The van der Waals surface area contributed by atoms with E-state index >= 15 is 0 Å². The topological polar surface area (TPSA) is 40.5 Å². The summed E-state index contributed by atoms with van der Waals surface area (Å²) in [6, 6.07) is 7.47. The Morgan fingerprint density at radius 3 is 2.50 bits per heavy atom. The molecule has 0 bridgehead atoms. The quantitative estimate of drug-likeness (QED) is 0.803. The fourth-order valence-electron chi connectivity index (χ4n) is 1.35. The van der Waals surface area contributed by atoms with E-state index in [1.165, 1.54) is 0 Å². The molecular weight excluding hydrogens is 226 g/mol. The molecule has 0 amide bonds. The number of carbonyl (C=O) groups is 1. The van der Waals surface area contributed by atoms with Crippen molar-refractivity contribution < 1.29 is 9.90 Å². The zero-order valence-corrected chi connectivity index (χ0v) is 9.87. The Morgan fingerprint density at radius 1 is 1.44 bits per heavy atom. The van der Waals surface area contributed by atoms with E-state index in [1.807, 2.05) is 36.2 Å². The van der Waals surface area contributed by atoms with Gasteiger partial charge in [0.15, 0.2) is 0 Å². The summed E-state index contributed by atoms with van der Waals surface area (Å²) in [4.78, 5) is 12.5. The fourth-order valence-corrected chi connectivity index (χ4v) is 1.48. The summed E-state index contributed by atoms with van der Waals surface area (Å²) in [7, 11) is 1.85. The summed E-state index contributed by atoms with van der Waals surface area (Å²) in [5, 5.41) is 9.39. The second kappa shape index (κ2) is 5.68. The van der Waals surface area contributed by atoms with Crippen molar-refractivity contribution in [3.63, 3.8) is 0 Å². The Labute approximate surface area is 100.0 Å². The Balaban J connectivity index is 2.51. The minimum absolute atomic E-state index is 0.191. The Morgan fingerprint density at radius 2 is 2.00 bits per heavy atom. The molecule has 1 aromatic rings. The molecule has 1 aromatic carbocycles. The molecule has 0 saturated heterocycles. The van der Waals surface area contributed by atoms with Crippen LogP contribution in [-0.2, 0) is 11.3 Å². The molecule has 3 nitrogen and oxygen atoms in total. The molecule has 4 heteroatoms. The Kier molecular flexibility index (Phi) is 4.52. The van der Waals surface area contributed by atoms with Gasteiger partial charge in [-0.1, -0.05) is 30.3 Å². The molecule has 0 spiro atoms. The summed E-state index contributed by atoms with van der Waals surface area (Å²) in [6.45, 7) is 4.50. The van der Waals surface area contributed by atoms with Crippen LogP contribution in [0.2, 0.25) is 5.02 Å². The maximum Gasteiger partial charge on any atom is 0.332 e. The lowest BCUT2D eigenvalue weighted by Gasteiger charge is -2.16. The molecular formula is C12H14ClNO2. The molecule has 86 valence electrons. The van der Waals surface area contributed by atoms with Crippen LogP contribution < -0.4 is 0 Å². The molecule has 1 rings (SSSR count). The number of likely N-dealkylation sites (N-methyl/N-ethyl adjacent to an activating group) is 1. The summed E-state index contributed by atoms with van der Waals surface area (Å²) in [6.07, 6.45) is 0. The first-order valence-electron chi connectivity index (χ1n) is 4.83. The molecule has 0 aliphatic carbocycles. The van der Waals surface area contributed by atoms with Gasteiger partial charge in [0.25, 0.3) is 0 Å². The summed E-state index contributed by atoms with van der Waals surface area (Å²) < 4.78 is 0. The number of hydrogen-bond acceptors (Lipinski definition) is 2. The molecule has 1 N–H and O–H groups in total. The number of halogens is 1. The molecule has 0 saturated carbocycles. The molecule has 0 unspecified atom stereocenters. The van der Waals surface area contributed by atoms with Gasteiger partial charge in [-0.05, 0) is 24.7 Å². The van der Waals surface area contributed by atoms with Crippen LogP contribution in [0.1, 0.15) is 5.56 Å². The SMILES string of the molecule is C=C(CN(C)Cc1ccc(Cl)cc1)C(=O)O. The standard InChI is InChI=1S/C12H14ClNO2/c1-9(12(15)16)7-14(2)8-10-3-5-11(13)6-4-10/h3-6H,1,7-8H2,2H3,(H,15,16). The van der Waals surface area contributed by atoms with Gasteiger partial charge in [-0.2, -0.15) is 0 Å². The van der Waals surface area contributed by atoms with Crippen molar-refractivity contribution in [1.82, 2.24) is 4.90 Å². The smallest absolute Gasteiger partial charge is 0.332 e. The van der Waals surface area contributed by atoms with Crippen LogP contribution in [0, 0.1) is 0 Å². The van der Waals surface area contributed by atoms with Gasteiger partial charge in [0.1, 0.15) is 0 Å². The molecule has 0 atom stereocenters. The van der Waals surface area contributed by atoms with Crippen molar-refractivity contribution in [3.8, 4) is 0 Å². The van der Waals surface area contributed by atoms with E-state index in [2.05, 4.69) is 6.58 Å². The highest BCUT2D eigenvalue weighted by Gasteiger charge is 2.07. The van der Waals surface area contributed by atoms with Crippen molar-refractivity contribution in [2.24, 2.45) is 0 Å². The number of rotatable bonds is 5. The fraction of sp³-hybridized carbons (Fsp3) is 0.250. The van der Waals surface area contributed by atoms with Gasteiger partial charge < -0.3 is 5.11 Å². The van der Waals surface area contributed by atoms with Crippen molar-refractivity contribution in [2.75, 3.05) is 13.6 Å². The van der Waals surface area contributed by atoms with E-state index in [0.717, 1.165) is 5.56 Å². The predicted molar refractivity (Wildman–Crippen MR) is 64.6 cm³/mol. The molecule has 0 aliphatic rings. The van der Waals surface area contributed by atoms with Crippen LogP contribution in [0.3, 0.4) is 0 Å². The van der Waals surface area contributed by atoms with Gasteiger partial charge in [0.2, 0.25) is 0 Å².